The summed E-state index contributed by atoms with van der Waals surface area (Å²) in [4.78, 5) is 15.9. The van der Waals surface area contributed by atoms with Crippen molar-refractivity contribution in [3.8, 4) is 11.5 Å². The normalized spacial score (nSPS) is 11.7. The van der Waals surface area contributed by atoms with Gasteiger partial charge in [-0.25, -0.2) is 0 Å². The number of nitrogens with one attached hydrogen (secondary N) is 3. The molecule has 0 radical (unpaired) electrons. The molecule has 33 heavy (non-hydrogen) atoms. The molecule has 0 aromatic heterocycles. The minimum Gasteiger partial charge on any atom is -0.490 e. The van der Waals surface area contributed by atoms with Crippen molar-refractivity contribution in [2.45, 2.75) is 53.3 Å². The van der Waals surface area contributed by atoms with Crippen molar-refractivity contribution in [3.05, 3.63) is 59.2 Å². The number of hydrogen-bond acceptors (Lipinski definition) is 4. The van der Waals surface area contributed by atoms with E-state index in [0.29, 0.717) is 31.3 Å². The standard InChI is InChI=1S/C25H36N4O3.HI/c1-6-19(4)32-23-13-18(3)11-12-21(23)16-29-25(26-5)28-15-20-9-8-10-22(14-20)31-17-24(30)27-7-2;/h8-14,19H,6-7,15-17H2,1-5H3,(H,27,30)(H2,26,28,29);1H. The Morgan fingerprint density at radius 2 is 1.82 bits per heavy atom. The third-order valence-electron chi connectivity index (χ3n) is 4.90. The van der Waals surface area contributed by atoms with E-state index in [0.717, 1.165) is 23.3 Å². The molecule has 182 valence electrons. The van der Waals surface area contributed by atoms with Gasteiger partial charge in [-0.05, 0) is 56.5 Å². The number of aliphatic imine (C=N–C) groups is 1. The molecular weight excluding hydrogens is 531 g/mol. The molecule has 0 aliphatic rings. The highest BCUT2D eigenvalue weighted by Crippen LogP contribution is 2.22. The van der Waals surface area contributed by atoms with Crippen LogP contribution in [0.4, 0.5) is 0 Å². The number of rotatable bonds is 11. The van der Waals surface area contributed by atoms with Crippen LogP contribution >= 0.6 is 24.0 Å². The number of hydrogen-bond donors (Lipinski definition) is 3. The van der Waals surface area contributed by atoms with Gasteiger partial charge in [0.25, 0.3) is 5.91 Å². The Balaban J connectivity index is 0.00000544. The number of nitrogens with zero attached hydrogens (tertiary/aromatic N) is 1. The number of halogens is 1. The number of benzene rings is 2. The molecule has 0 spiro atoms. The summed E-state index contributed by atoms with van der Waals surface area (Å²) in [5.41, 5.74) is 3.28. The highest BCUT2D eigenvalue weighted by Gasteiger charge is 2.09. The van der Waals surface area contributed by atoms with Crippen LogP contribution in [0, 0.1) is 6.92 Å². The van der Waals surface area contributed by atoms with E-state index in [2.05, 4.69) is 59.9 Å². The van der Waals surface area contributed by atoms with Crippen molar-refractivity contribution in [2.24, 2.45) is 4.99 Å². The summed E-state index contributed by atoms with van der Waals surface area (Å²) in [6.07, 6.45) is 1.12. The Morgan fingerprint density at radius 3 is 2.52 bits per heavy atom. The summed E-state index contributed by atoms with van der Waals surface area (Å²) in [7, 11) is 1.74. The fraction of sp³-hybridized carbons (Fsp3) is 0.440. The predicted molar refractivity (Wildman–Crippen MR) is 145 cm³/mol. The van der Waals surface area contributed by atoms with Crippen LogP contribution in [0.25, 0.3) is 0 Å². The lowest BCUT2D eigenvalue weighted by Crippen LogP contribution is -2.36. The zero-order chi connectivity index (χ0) is 23.3. The summed E-state index contributed by atoms with van der Waals surface area (Å²) in [5, 5.41) is 9.38. The third kappa shape index (κ3) is 10.3. The van der Waals surface area contributed by atoms with E-state index in [4.69, 9.17) is 9.47 Å². The van der Waals surface area contributed by atoms with Gasteiger partial charge in [-0.15, -0.1) is 24.0 Å². The van der Waals surface area contributed by atoms with Gasteiger partial charge >= 0.3 is 0 Å². The van der Waals surface area contributed by atoms with Gasteiger partial charge in [0.2, 0.25) is 0 Å². The molecule has 2 aromatic carbocycles. The molecule has 3 N–H and O–H groups in total. The van der Waals surface area contributed by atoms with E-state index in [1.807, 2.05) is 31.2 Å². The number of likely N-dealkylation sites (N-methyl/N-ethyl adjacent to an activating group) is 1. The van der Waals surface area contributed by atoms with Crippen LogP contribution in [0.5, 0.6) is 11.5 Å². The van der Waals surface area contributed by atoms with Gasteiger partial charge in [-0.2, -0.15) is 0 Å². The quantitative estimate of drug-likeness (QED) is 0.215. The molecule has 8 heteroatoms. The lowest BCUT2D eigenvalue weighted by atomic mass is 10.1. The molecule has 0 bridgehead atoms. The maximum atomic E-state index is 11.6. The Bertz CT molecular complexity index is 905. The van der Waals surface area contributed by atoms with Crippen LogP contribution in [0.2, 0.25) is 0 Å². The predicted octanol–water partition coefficient (Wildman–Crippen LogP) is 4.17. The van der Waals surface area contributed by atoms with E-state index < -0.39 is 0 Å². The van der Waals surface area contributed by atoms with Gasteiger partial charge in [0.05, 0.1) is 6.10 Å². The van der Waals surface area contributed by atoms with Crippen molar-refractivity contribution < 1.29 is 14.3 Å². The molecule has 0 aliphatic heterocycles. The first-order valence-electron chi connectivity index (χ1n) is 11.1. The van der Waals surface area contributed by atoms with Crippen LogP contribution < -0.4 is 25.4 Å². The second-order valence-corrected chi connectivity index (χ2v) is 7.62. The second-order valence-electron chi connectivity index (χ2n) is 7.62. The Hall–Kier alpha value is -2.49. The fourth-order valence-corrected chi connectivity index (χ4v) is 2.95. The van der Waals surface area contributed by atoms with Crippen LogP contribution in [0.15, 0.2) is 47.5 Å². The lowest BCUT2D eigenvalue weighted by Gasteiger charge is -2.18. The second kappa shape index (κ2) is 15.4. The molecule has 2 rings (SSSR count). The molecule has 1 unspecified atom stereocenters. The van der Waals surface area contributed by atoms with Crippen molar-refractivity contribution in [1.82, 2.24) is 16.0 Å². The topological polar surface area (TPSA) is 84.0 Å². The average molecular weight is 569 g/mol. The first kappa shape index (κ1) is 28.5. The number of guanidine groups is 1. The van der Waals surface area contributed by atoms with Gasteiger partial charge < -0.3 is 25.4 Å². The van der Waals surface area contributed by atoms with Crippen molar-refractivity contribution in [3.63, 3.8) is 0 Å². The molecule has 7 nitrogen and oxygen atoms in total. The third-order valence-corrected chi connectivity index (χ3v) is 4.90. The van der Waals surface area contributed by atoms with Gasteiger partial charge in [-0.3, -0.25) is 9.79 Å². The fourth-order valence-electron chi connectivity index (χ4n) is 2.95. The highest BCUT2D eigenvalue weighted by molar-refractivity contribution is 14.0. The first-order valence-corrected chi connectivity index (χ1v) is 11.1. The first-order chi connectivity index (χ1) is 15.4. The number of amides is 1. The minimum absolute atomic E-state index is 0. The summed E-state index contributed by atoms with van der Waals surface area (Å²) >= 11 is 0. The average Bonchev–Trinajstić information content (AvgIpc) is 2.79. The van der Waals surface area contributed by atoms with Crippen molar-refractivity contribution >= 4 is 35.8 Å². The number of carbonyl (C=O) groups excluding carboxylic acids is 1. The van der Waals surface area contributed by atoms with Crippen LogP contribution in [-0.4, -0.2) is 38.2 Å². The van der Waals surface area contributed by atoms with E-state index in [-0.39, 0.29) is 42.6 Å². The molecule has 0 heterocycles. The van der Waals surface area contributed by atoms with E-state index in [9.17, 15) is 4.79 Å². The summed E-state index contributed by atoms with van der Waals surface area (Å²) in [5.74, 6) is 2.12. The summed E-state index contributed by atoms with van der Waals surface area (Å²) in [6, 6.07) is 13.9. The molecule has 0 aliphatic carbocycles. The largest absolute Gasteiger partial charge is 0.490 e. The van der Waals surface area contributed by atoms with Gasteiger partial charge in [0.15, 0.2) is 12.6 Å². The SMILES string of the molecule is CCNC(=O)COc1cccc(CNC(=NC)NCc2ccc(C)cc2OC(C)CC)c1.I. The minimum atomic E-state index is -0.131. The number of aryl methyl sites for hydroxylation is 1. The zero-order valence-electron chi connectivity index (χ0n) is 20.2. The van der Waals surface area contributed by atoms with Gasteiger partial charge in [0, 0.05) is 32.2 Å². The van der Waals surface area contributed by atoms with Crippen molar-refractivity contribution in [2.75, 3.05) is 20.2 Å². The smallest absolute Gasteiger partial charge is 0.257 e. The monoisotopic (exact) mass is 568 g/mol. The van der Waals surface area contributed by atoms with E-state index in [1.54, 1.807) is 7.05 Å². The van der Waals surface area contributed by atoms with Crippen LogP contribution in [-0.2, 0) is 17.9 Å². The van der Waals surface area contributed by atoms with E-state index in [1.165, 1.54) is 5.56 Å². The maximum absolute atomic E-state index is 11.6. The van der Waals surface area contributed by atoms with E-state index >= 15 is 0 Å². The molecular formula is C25H37IN4O3. The molecule has 0 saturated carbocycles. The van der Waals surface area contributed by atoms with Gasteiger partial charge in [0.1, 0.15) is 11.5 Å². The molecule has 1 atom stereocenters. The molecule has 1 amide bonds. The number of carbonyl (C=O) groups is 1. The maximum Gasteiger partial charge on any atom is 0.257 e. The van der Waals surface area contributed by atoms with Crippen molar-refractivity contribution in [1.29, 1.82) is 0 Å². The zero-order valence-corrected chi connectivity index (χ0v) is 22.6. The summed E-state index contributed by atoms with van der Waals surface area (Å²) < 4.78 is 11.7. The lowest BCUT2D eigenvalue weighted by molar-refractivity contribution is -0.122. The number of ether oxygens (including phenoxy) is 2. The Labute approximate surface area is 214 Å². The summed E-state index contributed by atoms with van der Waals surface area (Å²) in [6.45, 7) is 9.90. The Morgan fingerprint density at radius 1 is 1.06 bits per heavy atom. The van der Waals surface area contributed by atoms with Crippen LogP contribution in [0.1, 0.15) is 43.9 Å². The molecule has 2 aromatic rings. The molecule has 0 saturated heterocycles. The van der Waals surface area contributed by atoms with Gasteiger partial charge in [-0.1, -0.05) is 31.2 Å². The van der Waals surface area contributed by atoms with Crippen LogP contribution in [0.3, 0.4) is 0 Å². The highest BCUT2D eigenvalue weighted by atomic mass is 127. The molecule has 0 fully saturated rings. The Kier molecular flexibility index (Phi) is 13.3.